The molecule has 3 N–H and O–H groups in total. The van der Waals surface area contributed by atoms with Gasteiger partial charge in [-0.05, 0) is 28.4 Å². The van der Waals surface area contributed by atoms with Crippen LogP contribution in [0.25, 0.3) is 5.65 Å². The Bertz CT molecular complexity index is 871. The molecule has 3 rings (SSSR count). The Labute approximate surface area is 173 Å². The highest BCUT2D eigenvalue weighted by Gasteiger charge is 2.11. The maximum atomic E-state index is 7.00. The SMILES string of the molecule is CCCCCNc1cc(NCc2ccc[n+](OC)c2)n2ncc(Br)c2n1.CO. The number of anilines is 2. The van der Waals surface area contributed by atoms with Crippen LogP contribution in [0.3, 0.4) is 0 Å². The molecule has 0 aliphatic heterocycles. The summed E-state index contributed by atoms with van der Waals surface area (Å²) in [6.45, 7) is 3.76. The third-order valence-corrected chi connectivity index (χ3v) is 4.60. The number of aromatic nitrogens is 4. The van der Waals surface area contributed by atoms with Crippen LogP contribution >= 0.6 is 15.9 Å². The largest absolute Gasteiger partial charge is 0.400 e. The van der Waals surface area contributed by atoms with Crippen LogP contribution in [0.4, 0.5) is 11.6 Å². The van der Waals surface area contributed by atoms with Crippen LogP contribution < -0.4 is 20.2 Å². The fourth-order valence-corrected chi connectivity index (χ4v) is 3.00. The van der Waals surface area contributed by atoms with Crippen molar-refractivity contribution in [3.63, 3.8) is 0 Å². The van der Waals surface area contributed by atoms with Gasteiger partial charge in [0.25, 0.3) is 0 Å². The molecule has 28 heavy (non-hydrogen) atoms. The number of unbranched alkanes of at least 4 members (excludes halogenated alkanes) is 2. The van der Waals surface area contributed by atoms with E-state index in [0.29, 0.717) is 6.54 Å². The summed E-state index contributed by atoms with van der Waals surface area (Å²) in [5.74, 6) is 1.73. The van der Waals surface area contributed by atoms with E-state index in [0.717, 1.165) is 47.4 Å². The van der Waals surface area contributed by atoms with Crippen LogP contribution in [0, 0.1) is 0 Å². The van der Waals surface area contributed by atoms with Crippen molar-refractivity contribution >= 4 is 33.2 Å². The fraction of sp³-hybridized carbons (Fsp3) is 0.421. The summed E-state index contributed by atoms with van der Waals surface area (Å²) in [5, 5.41) is 18.3. The van der Waals surface area contributed by atoms with E-state index in [4.69, 9.17) is 9.94 Å². The van der Waals surface area contributed by atoms with Crippen molar-refractivity contribution in [2.45, 2.75) is 32.7 Å². The van der Waals surface area contributed by atoms with Crippen molar-refractivity contribution in [1.29, 1.82) is 0 Å². The van der Waals surface area contributed by atoms with Crippen LogP contribution in [-0.2, 0) is 6.54 Å². The van der Waals surface area contributed by atoms with E-state index in [9.17, 15) is 0 Å². The van der Waals surface area contributed by atoms with E-state index in [1.807, 2.05) is 30.6 Å². The molecule has 0 spiro atoms. The van der Waals surface area contributed by atoms with Gasteiger partial charge in [-0.3, -0.25) is 4.84 Å². The standard InChI is InChI=1S/C18H24BrN6O.CH4O/c1-3-4-5-8-20-16-10-17(25-18(23-16)15(19)12-22-25)21-11-14-7-6-9-24(13-14)26-2;1-2/h6-7,9-10,12-13,21H,3-5,8,11H2,1-2H3,(H,20,23);2H,1H3/q+1;. The first-order valence-corrected chi connectivity index (χ1v) is 10.0. The van der Waals surface area contributed by atoms with Crippen molar-refractivity contribution < 1.29 is 14.7 Å². The Kier molecular flexibility index (Phi) is 8.96. The van der Waals surface area contributed by atoms with E-state index in [2.05, 4.69) is 43.6 Å². The second-order valence-corrected chi connectivity index (χ2v) is 6.85. The Morgan fingerprint density at radius 2 is 2.11 bits per heavy atom. The number of hydrogen-bond donors (Lipinski definition) is 3. The molecular formula is C19H28BrN6O2+. The lowest BCUT2D eigenvalue weighted by Gasteiger charge is -2.11. The number of aliphatic hydroxyl groups is 1. The van der Waals surface area contributed by atoms with E-state index in [-0.39, 0.29) is 0 Å². The zero-order valence-corrected chi connectivity index (χ0v) is 18.1. The summed E-state index contributed by atoms with van der Waals surface area (Å²) in [4.78, 5) is 9.86. The van der Waals surface area contributed by atoms with Crippen molar-refractivity contribution in [3.8, 4) is 0 Å². The van der Waals surface area contributed by atoms with Gasteiger partial charge in [0.05, 0.1) is 10.7 Å². The highest BCUT2D eigenvalue weighted by molar-refractivity contribution is 9.10. The predicted octanol–water partition coefficient (Wildman–Crippen LogP) is 2.66. The molecule has 3 aromatic rings. The Morgan fingerprint density at radius 3 is 2.86 bits per heavy atom. The maximum absolute atomic E-state index is 7.00. The monoisotopic (exact) mass is 451 g/mol. The van der Waals surface area contributed by atoms with Gasteiger partial charge in [-0.2, -0.15) is 9.61 Å². The number of fused-ring (bicyclic) bond motifs is 1. The van der Waals surface area contributed by atoms with Crippen molar-refractivity contribution in [2.75, 3.05) is 31.4 Å². The van der Waals surface area contributed by atoms with Gasteiger partial charge in [0, 0.05) is 42.6 Å². The number of aliphatic hydroxyl groups excluding tert-OH is 1. The summed E-state index contributed by atoms with van der Waals surface area (Å²) in [6, 6.07) is 5.99. The van der Waals surface area contributed by atoms with E-state index in [1.165, 1.54) is 12.8 Å². The molecule has 3 aromatic heterocycles. The zero-order chi connectivity index (χ0) is 20.4. The molecule has 0 unspecified atom stereocenters. The van der Waals surface area contributed by atoms with Crippen LogP contribution in [0.5, 0.6) is 0 Å². The molecular weight excluding hydrogens is 424 g/mol. The lowest BCUT2D eigenvalue weighted by Crippen LogP contribution is -2.40. The number of halogens is 1. The predicted molar refractivity (Wildman–Crippen MR) is 113 cm³/mol. The molecule has 0 aliphatic carbocycles. The smallest absolute Gasteiger partial charge is 0.227 e. The van der Waals surface area contributed by atoms with E-state index >= 15 is 0 Å². The van der Waals surface area contributed by atoms with Crippen molar-refractivity contribution in [1.82, 2.24) is 14.6 Å². The maximum Gasteiger partial charge on any atom is 0.227 e. The summed E-state index contributed by atoms with van der Waals surface area (Å²) < 4.78 is 4.34. The van der Waals surface area contributed by atoms with Crippen LogP contribution in [0.15, 0.2) is 41.3 Å². The van der Waals surface area contributed by atoms with Gasteiger partial charge in [-0.25, -0.2) is 4.98 Å². The first-order valence-electron chi connectivity index (χ1n) is 9.22. The summed E-state index contributed by atoms with van der Waals surface area (Å²) in [6.07, 6.45) is 9.10. The molecule has 152 valence electrons. The number of pyridine rings is 1. The van der Waals surface area contributed by atoms with Gasteiger partial charge in [-0.15, -0.1) is 0 Å². The lowest BCUT2D eigenvalue weighted by atomic mass is 10.2. The van der Waals surface area contributed by atoms with Gasteiger partial charge in [0.15, 0.2) is 5.65 Å². The van der Waals surface area contributed by atoms with Crippen molar-refractivity contribution in [2.24, 2.45) is 0 Å². The molecule has 0 amide bonds. The second kappa shape index (κ2) is 11.5. The normalized spacial score (nSPS) is 10.3. The lowest BCUT2D eigenvalue weighted by molar-refractivity contribution is -0.885. The third-order valence-electron chi connectivity index (χ3n) is 4.04. The first kappa shape index (κ1) is 21.9. The molecule has 0 saturated carbocycles. The first-order chi connectivity index (χ1) is 13.7. The summed E-state index contributed by atoms with van der Waals surface area (Å²) in [5.41, 5.74) is 1.89. The van der Waals surface area contributed by atoms with Gasteiger partial charge in [0.2, 0.25) is 12.4 Å². The minimum atomic E-state index is 0.649. The molecule has 0 atom stereocenters. The van der Waals surface area contributed by atoms with Crippen molar-refractivity contribution in [3.05, 3.63) is 46.8 Å². The summed E-state index contributed by atoms with van der Waals surface area (Å²) >= 11 is 3.52. The molecule has 0 aliphatic rings. The molecule has 0 saturated heterocycles. The highest BCUT2D eigenvalue weighted by Crippen LogP contribution is 2.22. The molecule has 3 heterocycles. The molecule has 0 aromatic carbocycles. The zero-order valence-electron chi connectivity index (χ0n) is 16.5. The molecule has 8 nitrogen and oxygen atoms in total. The molecule has 0 fully saturated rings. The van der Waals surface area contributed by atoms with Gasteiger partial charge in [0.1, 0.15) is 18.7 Å². The molecule has 0 bridgehead atoms. The Hall–Kier alpha value is -2.39. The number of nitrogens with one attached hydrogen (secondary N) is 2. The quantitative estimate of drug-likeness (QED) is 0.342. The van der Waals surface area contributed by atoms with E-state index < -0.39 is 0 Å². The summed E-state index contributed by atoms with van der Waals surface area (Å²) in [7, 11) is 2.64. The molecule has 0 radical (unpaired) electrons. The fourth-order valence-electron chi connectivity index (χ4n) is 2.66. The minimum absolute atomic E-state index is 0.649. The van der Waals surface area contributed by atoms with Gasteiger partial charge in [-0.1, -0.05) is 19.8 Å². The topological polar surface area (TPSA) is 87.6 Å². The minimum Gasteiger partial charge on any atom is -0.400 e. The second-order valence-electron chi connectivity index (χ2n) is 6.00. The molecule has 9 heteroatoms. The van der Waals surface area contributed by atoms with Crippen LogP contribution in [0.1, 0.15) is 31.7 Å². The van der Waals surface area contributed by atoms with E-state index in [1.54, 1.807) is 22.6 Å². The third kappa shape index (κ3) is 5.80. The van der Waals surface area contributed by atoms with Crippen LogP contribution in [-0.4, -0.2) is 40.5 Å². The average Bonchev–Trinajstić information content (AvgIpc) is 3.12. The number of nitrogens with zero attached hydrogens (tertiary/aromatic N) is 4. The Balaban J connectivity index is 0.00000136. The Morgan fingerprint density at radius 1 is 1.29 bits per heavy atom. The number of hydrogen-bond acceptors (Lipinski definition) is 6. The van der Waals surface area contributed by atoms with Gasteiger partial charge >= 0.3 is 0 Å². The average molecular weight is 452 g/mol. The number of rotatable bonds is 9. The van der Waals surface area contributed by atoms with Crippen LogP contribution in [0.2, 0.25) is 0 Å². The van der Waals surface area contributed by atoms with Gasteiger partial charge < -0.3 is 15.7 Å². The highest BCUT2D eigenvalue weighted by atomic mass is 79.9.